The van der Waals surface area contributed by atoms with Gasteiger partial charge in [-0.2, -0.15) is 0 Å². The standard InChI is InChI=1S/C8H15N/c1-5-2-7(5)8-3-6(8)4-9/h5-8H,2-4,9H2,1H3/t5-,6+,7+,8-/m1/s1. The Morgan fingerprint density at radius 1 is 1.33 bits per heavy atom. The van der Waals surface area contributed by atoms with Crippen LogP contribution in [-0.2, 0) is 0 Å². The third kappa shape index (κ3) is 0.877. The number of hydrogen-bond donors (Lipinski definition) is 1. The van der Waals surface area contributed by atoms with Crippen LogP contribution in [0.3, 0.4) is 0 Å². The first-order chi connectivity index (χ1) is 4.33. The third-order valence-electron chi connectivity index (χ3n) is 3.00. The maximum atomic E-state index is 5.54. The first-order valence-electron chi connectivity index (χ1n) is 4.03. The Hall–Kier alpha value is -0.0400. The Morgan fingerprint density at radius 2 is 2.00 bits per heavy atom. The second kappa shape index (κ2) is 1.72. The van der Waals surface area contributed by atoms with Crippen LogP contribution in [0.1, 0.15) is 19.8 Å². The fourth-order valence-electron chi connectivity index (χ4n) is 2.01. The van der Waals surface area contributed by atoms with Crippen molar-refractivity contribution in [2.24, 2.45) is 29.4 Å². The Balaban J connectivity index is 1.79. The highest BCUT2D eigenvalue weighted by molar-refractivity contribution is 5.00. The largest absolute Gasteiger partial charge is 0.330 e. The van der Waals surface area contributed by atoms with E-state index in [2.05, 4.69) is 6.92 Å². The van der Waals surface area contributed by atoms with Crippen molar-refractivity contribution in [3.63, 3.8) is 0 Å². The molecule has 52 valence electrons. The van der Waals surface area contributed by atoms with Gasteiger partial charge in [0.1, 0.15) is 0 Å². The molecule has 0 aliphatic heterocycles. The molecule has 9 heavy (non-hydrogen) atoms. The predicted molar refractivity (Wildman–Crippen MR) is 37.9 cm³/mol. The molecule has 0 aromatic heterocycles. The van der Waals surface area contributed by atoms with E-state index in [1.54, 1.807) is 0 Å². The molecule has 0 heterocycles. The minimum Gasteiger partial charge on any atom is -0.330 e. The second-order valence-electron chi connectivity index (χ2n) is 3.77. The number of rotatable bonds is 2. The molecule has 0 saturated heterocycles. The summed E-state index contributed by atoms with van der Waals surface area (Å²) in [5.41, 5.74) is 5.54. The zero-order valence-corrected chi connectivity index (χ0v) is 6.01. The SMILES string of the molecule is C[C@@H]1C[C@@H]1[C@@H]1C[C@H]1CN. The van der Waals surface area contributed by atoms with Crippen LogP contribution < -0.4 is 5.73 Å². The molecule has 0 unspecified atom stereocenters. The lowest BCUT2D eigenvalue weighted by atomic mass is 10.2. The lowest BCUT2D eigenvalue weighted by molar-refractivity contribution is 0.597. The van der Waals surface area contributed by atoms with Gasteiger partial charge in [-0.1, -0.05) is 6.92 Å². The summed E-state index contributed by atoms with van der Waals surface area (Å²) in [7, 11) is 0. The number of nitrogens with two attached hydrogens (primary N) is 1. The molecule has 4 atom stereocenters. The average Bonchev–Trinajstić information content (AvgIpc) is 2.61. The van der Waals surface area contributed by atoms with E-state index in [-0.39, 0.29) is 0 Å². The van der Waals surface area contributed by atoms with Crippen molar-refractivity contribution < 1.29 is 0 Å². The van der Waals surface area contributed by atoms with Gasteiger partial charge in [0.15, 0.2) is 0 Å². The summed E-state index contributed by atoms with van der Waals surface area (Å²) in [6, 6.07) is 0. The van der Waals surface area contributed by atoms with Crippen molar-refractivity contribution in [3.8, 4) is 0 Å². The molecule has 0 radical (unpaired) electrons. The lowest BCUT2D eigenvalue weighted by Gasteiger charge is -1.90. The van der Waals surface area contributed by atoms with Crippen molar-refractivity contribution in [3.05, 3.63) is 0 Å². The molecule has 2 aliphatic rings. The van der Waals surface area contributed by atoms with Gasteiger partial charge < -0.3 is 5.73 Å². The molecule has 0 aromatic carbocycles. The summed E-state index contributed by atoms with van der Waals surface area (Å²) in [6.45, 7) is 3.30. The van der Waals surface area contributed by atoms with Crippen LogP contribution in [0.5, 0.6) is 0 Å². The van der Waals surface area contributed by atoms with Crippen LogP contribution in [0.15, 0.2) is 0 Å². The molecule has 0 aromatic rings. The van der Waals surface area contributed by atoms with E-state index in [1.807, 2.05) is 0 Å². The summed E-state index contributed by atoms with van der Waals surface area (Å²) in [5, 5.41) is 0. The summed E-state index contributed by atoms with van der Waals surface area (Å²) in [6.07, 6.45) is 2.92. The van der Waals surface area contributed by atoms with E-state index in [1.165, 1.54) is 12.8 Å². The van der Waals surface area contributed by atoms with Gasteiger partial charge in [-0.05, 0) is 43.1 Å². The van der Waals surface area contributed by atoms with Crippen molar-refractivity contribution in [2.75, 3.05) is 6.54 Å². The topological polar surface area (TPSA) is 26.0 Å². The fraction of sp³-hybridized carbons (Fsp3) is 1.00. The van der Waals surface area contributed by atoms with Gasteiger partial charge in [-0.15, -0.1) is 0 Å². The smallest absolute Gasteiger partial charge is 0.00460 e. The normalized spacial score (nSPS) is 55.3. The van der Waals surface area contributed by atoms with E-state index in [0.29, 0.717) is 0 Å². The minimum absolute atomic E-state index is 0.917. The zero-order valence-electron chi connectivity index (χ0n) is 6.01. The van der Waals surface area contributed by atoms with Crippen molar-refractivity contribution in [2.45, 2.75) is 19.8 Å². The van der Waals surface area contributed by atoms with E-state index in [4.69, 9.17) is 5.73 Å². The summed E-state index contributed by atoms with van der Waals surface area (Å²) >= 11 is 0. The van der Waals surface area contributed by atoms with Crippen LogP contribution in [0.2, 0.25) is 0 Å². The molecule has 2 N–H and O–H groups in total. The molecular formula is C8H15N. The summed E-state index contributed by atoms with van der Waals surface area (Å²) < 4.78 is 0. The maximum Gasteiger partial charge on any atom is -0.00460 e. The number of hydrogen-bond acceptors (Lipinski definition) is 1. The second-order valence-corrected chi connectivity index (χ2v) is 3.77. The highest BCUT2D eigenvalue weighted by Gasteiger charge is 2.50. The van der Waals surface area contributed by atoms with Crippen molar-refractivity contribution in [1.29, 1.82) is 0 Å². The van der Waals surface area contributed by atoms with Crippen molar-refractivity contribution in [1.82, 2.24) is 0 Å². The molecule has 1 heteroatoms. The van der Waals surface area contributed by atoms with Gasteiger partial charge in [0.25, 0.3) is 0 Å². The maximum absolute atomic E-state index is 5.54. The molecule has 0 amide bonds. The Morgan fingerprint density at radius 3 is 2.33 bits per heavy atom. The van der Waals surface area contributed by atoms with Crippen LogP contribution in [0, 0.1) is 23.7 Å². The van der Waals surface area contributed by atoms with Crippen LogP contribution in [0.25, 0.3) is 0 Å². The highest BCUT2D eigenvalue weighted by atomic mass is 14.6. The molecule has 2 saturated carbocycles. The monoisotopic (exact) mass is 125 g/mol. The van der Waals surface area contributed by atoms with E-state index < -0.39 is 0 Å². The van der Waals surface area contributed by atoms with Crippen LogP contribution in [-0.4, -0.2) is 6.54 Å². The zero-order chi connectivity index (χ0) is 6.43. The molecule has 2 rings (SSSR count). The Bertz CT molecular complexity index is 122. The fourth-order valence-corrected chi connectivity index (χ4v) is 2.01. The summed E-state index contributed by atoms with van der Waals surface area (Å²) in [4.78, 5) is 0. The van der Waals surface area contributed by atoms with Crippen molar-refractivity contribution >= 4 is 0 Å². The molecule has 2 fully saturated rings. The van der Waals surface area contributed by atoms with Gasteiger partial charge >= 0.3 is 0 Å². The van der Waals surface area contributed by atoms with E-state index in [9.17, 15) is 0 Å². The molecular weight excluding hydrogens is 110 g/mol. The van der Waals surface area contributed by atoms with E-state index in [0.717, 1.165) is 30.2 Å². The first-order valence-corrected chi connectivity index (χ1v) is 4.03. The summed E-state index contributed by atoms with van der Waals surface area (Å²) in [5.74, 6) is 4.08. The molecule has 2 aliphatic carbocycles. The van der Waals surface area contributed by atoms with Gasteiger partial charge in [0, 0.05) is 0 Å². The average molecular weight is 125 g/mol. The minimum atomic E-state index is 0.917. The van der Waals surface area contributed by atoms with Gasteiger partial charge in [0.05, 0.1) is 0 Å². The first kappa shape index (κ1) is 5.72. The Labute approximate surface area is 56.6 Å². The quantitative estimate of drug-likeness (QED) is 0.590. The predicted octanol–water partition coefficient (Wildman–Crippen LogP) is 1.24. The third-order valence-corrected chi connectivity index (χ3v) is 3.00. The van der Waals surface area contributed by atoms with Gasteiger partial charge in [-0.25, -0.2) is 0 Å². The highest BCUT2D eigenvalue weighted by Crippen LogP contribution is 2.57. The molecule has 1 nitrogen and oxygen atoms in total. The van der Waals surface area contributed by atoms with E-state index >= 15 is 0 Å². The van der Waals surface area contributed by atoms with Gasteiger partial charge in [-0.3, -0.25) is 0 Å². The molecule has 0 spiro atoms. The van der Waals surface area contributed by atoms with Crippen LogP contribution >= 0.6 is 0 Å². The molecule has 0 bridgehead atoms. The Kier molecular flexibility index (Phi) is 1.10. The lowest BCUT2D eigenvalue weighted by Crippen LogP contribution is -2.03. The van der Waals surface area contributed by atoms with Gasteiger partial charge in [0.2, 0.25) is 0 Å². The van der Waals surface area contributed by atoms with Crippen LogP contribution in [0.4, 0.5) is 0 Å².